The van der Waals surface area contributed by atoms with Gasteiger partial charge in [0.15, 0.2) is 0 Å². The summed E-state index contributed by atoms with van der Waals surface area (Å²) in [4.78, 5) is 0. The molecule has 1 fully saturated rings. The first-order chi connectivity index (χ1) is 7.33. The molecular weight excluding hydrogens is 254 g/mol. The minimum atomic E-state index is 0.444. The maximum absolute atomic E-state index is 5.81. The highest BCUT2D eigenvalue weighted by atomic mass is 79.9. The van der Waals surface area contributed by atoms with E-state index in [9.17, 15) is 0 Å². The van der Waals surface area contributed by atoms with Gasteiger partial charge in [0.1, 0.15) is 0 Å². The van der Waals surface area contributed by atoms with Gasteiger partial charge < -0.3 is 10.5 Å². The molecular formula is C12H16BrNO. The minimum absolute atomic E-state index is 0.444. The van der Waals surface area contributed by atoms with Crippen molar-refractivity contribution in [3.63, 3.8) is 0 Å². The van der Waals surface area contributed by atoms with Gasteiger partial charge in [0.2, 0.25) is 0 Å². The van der Waals surface area contributed by atoms with Crippen molar-refractivity contribution >= 4 is 15.9 Å². The number of rotatable bonds is 2. The van der Waals surface area contributed by atoms with Gasteiger partial charge >= 0.3 is 0 Å². The quantitative estimate of drug-likeness (QED) is 0.896. The van der Waals surface area contributed by atoms with Crippen molar-refractivity contribution in [2.45, 2.75) is 12.3 Å². The summed E-state index contributed by atoms with van der Waals surface area (Å²) in [7, 11) is 0. The van der Waals surface area contributed by atoms with Gasteiger partial charge in [0.25, 0.3) is 0 Å². The second-order valence-electron chi connectivity index (χ2n) is 3.99. The first-order valence-corrected chi connectivity index (χ1v) is 6.14. The molecule has 15 heavy (non-hydrogen) atoms. The molecule has 2 atom stereocenters. The molecule has 2 N–H and O–H groups in total. The standard InChI is InChI=1S/C12H16BrNO/c13-12-4-2-1-3-10(12)11-8-15-6-5-9(11)7-14/h1-4,9,11H,5-8,14H2. The van der Waals surface area contributed by atoms with Crippen LogP contribution in [0.15, 0.2) is 28.7 Å². The van der Waals surface area contributed by atoms with Crippen molar-refractivity contribution in [2.75, 3.05) is 19.8 Å². The molecule has 2 nitrogen and oxygen atoms in total. The molecule has 0 aliphatic carbocycles. The van der Waals surface area contributed by atoms with Crippen LogP contribution in [0.1, 0.15) is 17.9 Å². The fourth-order valence-corrected chi connectivity index (χ4v) is 2.76. The van der Waals surface area contributed by atoms with E-state index < -0.39 is 0 Å². The van der Waals surface area contributed by atoms with Gasteiger partial charge in [-0.05, 0) is 30.5 Å². The van der Waals surface area contributed by atoms with Crippen LogP contribution >= 0.6 is 15.9 Å². The molecule has 1 heterocycles. The van der Waals surface area contributed by atoms with E-state index in [4.69, 9.17) is 10.5 Å². The van der Waals surface area contributed by atoms with E-state index in [0.717, 1.165) is 26.2 Å². The smallest absolute Gasteiger partial charge is 0.0538 e. The van der Waals surface area contributed by atoms with Crippen molar-refractivity contribution in [1.82, 2.24) is 0 Å². The summed E-state index contributed by atoms with van der Waals surface area (Å²) in [6, 6.07) is 8.35. The van der Waals surface area contributed by atoms with Crippen LogP contribution in [0.25, 0.3) is 0 Å². The molecule has 0 radical (unpaired) electrons. The number of hydrogen-bond acceptors (Lipinski definition) is 2. The Balaban J connectivity index is 2.24. The van der Waals surface area contributed by atoms with Crippen LogP contribution in [0.5, 0.6) is 0 Å². The number of ether oxygens (including phenoxy) is 1. The van der Waals surface area contributed by atoms with Crippen LogP contribution in [0.2, 0.25) is 0 Å². The molecule has 1 aromatic carbocycles. The summed E-state index contributed by atoms with van der Waals surface area (Å²) in [5.74, 6) is 0.997. The molecule has 82 valence electrons. The molecule has 0 amide bonds. The number of nitrogens with two attached hydrogens (primary N) is 1. The van der Waals surface area contributed by atoms with E-state index in [1.807, 2.05) is 6.07 Å². The van der Waals surface area contributed by atoms with Gasteiger partial charge in [-0.15, -0.1) is 0 Å². The van der Waals surface area contributed by atoms with Crippen molar-refractivity contribution in [3.05, 3.63) is 34.3 Å². The molecule has 2 rings (SSSR count). The normalized spacial score (nSPS) is 26.5. The van der Waals surface area contributed by atoms with E-state index in [2.05, 4.69) is 34.1 Å². The Bertz CT molecular complexity index is 329. The van der Waals surface area contributed by atoms with Gasteiger partial charge in [0, 0.05) is 17.0 Å². The monoisotopic (exact) mass is 269 g/mol. The maximum atomic E-state index is 5.81. The zero-order chi connectivity index (χ0) is 10.7. The zero-order valence-corrected chi connectivity index (χ0v) is 10.2. The van der Waals surface area contributed by atoms with Gasteiger partial charge in [-0.1, -0.05) is 34.1 Å². The molecule has 0 saturated carbocycles. The second kappa shape index (κ2) is 5.10. The highest BCUT2D eigenvalue weighted by molar-refractivity contribution is 9.10. The van der Waals surface area contributed by atoms with E-state index in [1.54, 1.807) is 0 Å². The fourth-order valence-electron chi connectivity index (χ4n) is 2.18. The second-order valence-corrected chi connectivity index (χ2v) is 4.84. The van der Waals surface area contributed by atoms with Crippen LogP contribution in [-0.4, -0.2) is 19.8 Å². The summed E-state index contributed by atoms with van der Waals surface area (Å²) >= 11 is 3.59. The van der Waals surface area contributed by atoms with Crippen LogP contribution < -0.4 is 5.73 Å². The highest BCUT2D eigenvalue weighted by Gasteiger charge is 2.27. The Hall–Kier alpha value is -0.380. The number of hydrogen-bond donors (Lipinski definition) is 1. The maximum Gasteiger partial charge on any atom is 0.0538 e. The van der Waals surface area contributed by atoms with Crippen LogP contribution in [-0.2, 0) is 4.74 Å². The predicted octanol–water partition coefficient (Wildman–Crippen LogP) is 2.53. The summed E-state index contributed by atoms with van der Waals surface area (Å²) < 4.78 is 6.71. The molecule has 0 bridgehead atoms. The molecule has 1 saturated heterocycles. The Morgan fingerprint density at radius 3 is 2.93 bits per heavy atom. The zero-order valence-electron chi connectivity index (χ0n) is 8.66. The third kappa shape index (κ3) is 2.41. The molecule has 2 unspecified atom stereocenters. The summed E-state index contributed by atoms with van der Waals surface area (Å²) in [5.41, 5.74) is 7.14. The summed E-state index contributed by atoms with van der Waals surface area (Å²) in [5, 5.41) is 0. The minimum Gasteiger partial charge on any atom is -0.381 e. The average Bonchev–Trinajstić information content (AvgIpc) is 2.30. The van der Waals surface area contributed by atoms with Gasteiger partial charge in [-0.25, -0.2) is 0 Å². The SMILES string of the molecule is NCC1CCOCC1c1ccccc1Br. The van der Waals surface area contributed by atoms with E-state index >= 15 is 0 Å². The van der Waals surface area contributed by atoms with Crippen molar-refractivity contribution in [3.8, 4) is 0 Å². The third-order valence-electron chi connectivity index (χ3n) is 3.11. The van der Waals surface area contributed by atoms with Crippen LogP contribution in [0.3, 0.4) is 0 Å². The third-order valence-corrected chi connectivity index (χ3v) is 3.83. The van der Waals surface area contributed by atoms with E-state index in [0.29, 0.717) is 11.8 Å². The number of halogens is 1. The Morgan fingerprint density at radius 1 is 1.40 bits per heavy atom. The van der Waals surface area contributed by atoms with Crippen LogP contribution in [0.4, 0.5) is 0 Å². The summed E-state index contributed by atoms with van der Waals surface area (Å²) in [6.07, 6.45) is 1.07. The van der Waals surface area contributed by atoms with Gasteiger partial charge in [0.05, 0.1) is 6.61 Å². The fraction of sp³-hybridized carbons (Fsp3) is 0.500. The molecule has 1 aliphatic rings. The molecule has 0 spiro atoms. The van der Waals surface area contributed by atoms with Crippen molar-refractivity contribution < 1.29 is 4.74 Å². The van der Waals surface area contributed by atoms with Crippen molar-refractivity contribution in [2.24, 2.45) is 11.7 Å². The van der Waals surface area contributed by atoms with Gasteiger partial charge in [-0.2, -0.15) is 0 Å². The summed E-state index contributed by atoms with van der Waals surface area (Å²) in [6.45, 7) is 2.39. The highest BCUT2D eigenvalue weighted by Crippen LogP contribution is 2.34. The Morgan fingerprint density at radius 2 is 2.20 bits per heavy atom. The van der Waals surface area contributed by atoms with Crippen molar-refractivity contribution in [1.29, 1.82) is 0 Å². The molecule has 3 heteroatoms. The average molecular weight is 270 g/mol. The first kappa shape index (κ1) is 11.1. The number of benzene rings is 1. The predicted molar refractivity (Wildman–Crippen MR) is 64.9 cm³/mol. The van der Waals surface area contributed by atoms with E-state index in [-0.39, 0.29) is 0 Å². The molecule has 1 aliphatic heterocycles. The lowest BCUT2D eigenvalue weighted by atomic mass is 9.83. The topological polar surface area (TPSA) is 35.2 Å². The lowest BCUT2D eigenvalue weighted by molar-refractivity contribution is 0.0492. The molecule has 1 aromatic rings. The Kier molecular flexibility index (Phi) is 3.78. The molecule has 0 aromatic heterocycles. The lowest BCUT2D eigenvalue weighted by Gasteiger charge is -2.31. The lowest BCUT2D eigenvalue weighted by Crippen LogP contribution is -2.31. The first-order valence-electron chi connectivity index (χ1n) is 5.35. The largest absolute Gasteiger partial charge is 0.381 e. The van der Waals surface area contributed by atoms with Gasteiger partial charge in [-0.3, -0.25) is 0 Å². The van der Waals surface area contributed by atoms with Crippen LogP contribution in [0, 0.1) is 5.92 Å². The van der Waals surface area contributed by atoms with E-state index in [1.165, 1.54) is 10.0 Å². The Labute approximate surface area is 98.9 Å².